The predicted molar refractivity (Wildman–Crippen MR) is 28.3 cm³/mol. The van der Waals surface area contributed by atoms with Crippen LogP contribution in [-0.2, 0) is 4.89 Å². The first-order valence-corrected chi connectivity index (χ1v) is 3.22. The molecular formula is C6H10O2. The van der Waals surface area contributed by atoms with Crippen molar-refractivity contribution >= 4 is 0 Å². The molecule has 8 heavy (non-hydrogen) atoms. The SMILES string of the molecule is OOC1CCC2CC21. The fourth-order valence-corrected chi connectivity index (χ4v) is 1.78. The summed E-state index contributed by atoms with van der Waals surface area (Å²) in [6, 6.07) is 0. The van der Waals surface area contributed by atoms with Crippen molar-refractivity contribution in [3.05, 3.63) is 0 Å². The smallest absolute Gasteiger partial charge is 0.0958 e. The molecule has 2 nitrogen and oxygen atoms in total. The second-order valence-electron chi connectivity index (χ2n) is 2.88. The Morgan fingerprint density at radius 3 is 2.50 bits per heavy atom. The first-order valence-electron chi connectivity index (χ1n) is 3.22. The maximum Gasteiger partial charge on any atom is 0.0958 e. The molecule has 0 radical (unpaired) electrons. The van der Waals surface area contributed by atoms with Gasteiger partial charge >= 0.3 is 0 Å². The molecule has 2 aliphatic carbocycles. The first-order chi connectivity index (χ1) is 3.92. The van der Waals surface area contributed by atoms with Crippen LogP contribution in [0.3, 0.4) is 0 Å². The molecule has 0 aliphatic heterocycles. The van der Waals surface area contributed by atoms with E-state index in [0.717, 1.165) is 18.3 Å². The summed E-state index contributed by atoms with van der Waals surface area (Å²) >= 11 is 0. The van der Waals surface area contributed by atoms with Crippen molar-refractivity contribution in [2.45, 2.75) is 25.4 Å². The monoisotopic (exact) mass is 114 g/mol. The van der Waals surface area contributed by atoms with Crippen LogP contribution in [0.1, 0.15) is 19.3 Å². The molecule has 46 valence electrons. The van der Waals surface area contributed by atoms with Crippen LogP contribution >= 0.6 is 0 Å². The van der Waals surface area contributed by atoms with Gasteiger partial charge in [-0.25, -0.2) is 4.89 Å². The molecule has 3 atom stereocenters. The van der Waals surface area contributed by atoms with Gasteiger partial charge in [-0.3, -0.25) is 5.26 Å². The highest BCUT2D eigenvalue weighted by Crippen LogP contribution is 2.52. The zero-order valence-electron chi connectivity index (χ0n) is 4.71. The summed E-state index contributed by atoms with van der Waals surface area (Å²) in [5.41, 5.74) is 0. The Balaban J connectivity index is 1.97. The molecule has 0 aromatic rings. The Hall–Kier alpha value is -0.0800. The van der Waals surface area contributed by atoms with Crippen molar-refractivity contribution in [2.75, 3.05) is 0 Å². The van der Waals surface area contributed by atoms with E-state index in [1.807, 2.05) is 0 Å². The van der Waals surface area contributed by atoms with Gasteiger partial charge in [0, 0.05) is 0 Å². The molecule has 0 heterocycles. The van der Waals surface area contributed by atoms with Gasteiger partial charge in [-0.05, 0) is 31.1 Å². The summed E-state index contributed by atoms with van der Waals surface area (Å²) in [4.78, 5) is 4.27. The Labute approximate surface area is 48.4 Å². The molecule has 3 unspecified atom stereocenters. The van der Waals surface area contributed by atoms with E-state index >= 15 is 0 Å². The second kappa shape index (κ2) is 1.45. The second-order valence-corrected chi connectivity index (χ2v) is 2.88. The van der Waals surface area contributed by atoms with E-state index in [1.165, 1.54) is 12.8 Å². The Bertz CT molecular complexity index is 103. The lowest BCUT2D eigenvalue weighted by Gasteiger charge is -2.03. The number of hydrogen-bond acceptors (Lipinski definition) is 2. The summed E-state index contributed by atoms with van der Waals surface area (Å²) in [6.45, 7) is 0. The van der Waals surface area contributed by atoms with E-state index in [-0.39, 0.29) is 6.10 Å². The van der Waals surface area contributed by atoms with Gasteiger partial charge in [-0.15, -0.1) is 0 Å². The molecule has 0 spiro atoms. The zero-order chi connectivity index (χ0) is 5.56. The van der Waals surface area contributed by atoms with Crippen molar-refractivity contribution in [1.29, 1.82) is 0 Å². The van der Waals surface area contributed by atoms with Crippen molar-refractivity contribution in [1.82, 2.24) is 0 Å². The summed E-state index contributed by atoms with van der Waals surface area (Å²) in [7, 11) is 0. The van der Waals surface area contributed by atoms with Crippen LogP contribution < -0.4 is 0 Å². The highest BCUT2D eigenvalue weighted by Gasteiger charge is 2.49. The molecule has 2 rings (SSSR count). The van der Waals surface area contributed by atoms with Crippen molar-refractivity contribution in [3.8, 4) is 0 Å². The summed E-state index contributed by atoms with van der Waals surface area (Å²) < 4.78 is 0. The average molecular weight is 114 g/mol. The van der Waals surface area contributed by atoms with E-state index in [9.17, 15) is 0 Å². The van der Waals surface area contributed by atoms with Gasteiger partial charge in [0.05, 0.1) is 6.10 Å². The quantitative estimate of drug-likeness (QED) is 0.411. The van der Waals surface area contributed by atoms with Gasteiger partial charge in [-0.1, -0.05) is 0 Å². The molecule has 2 saturated carbocycles. The first kappa shape index (κ1) is 4.77. The lowest BCUT2D eigenvalue weighted by atomic mass is 10.2. The van der Waals surface area contributed by atoms with E-state index in [2.05, 4.69) is 4.89 Å². The van der Waals surface area contributed by atoms with Gasteiger partial charge in [0.15, 0.2) is 0 Å². The van der Waals surface area contributed by atoms with Crippen LogP contribution in [0.2, 0.25) is 0 Å². The van der Waals surface area contributed by atoms with Crippen LogP contribution in [-0.4, -0.2) is 11.4 Å². The summed E-state index contributed by atoms with van der Waals surface area (Å²) in [5.74, 6) is 1.63. The van der Waals surface area contributed by atoms with Gasteiger partial charge in [0.2, 0.25) is 0 Å². The van der Waals surface area contributed by atoms with Crippen molar-refractivity contribution in [3.63, 3.8) is 0 Å². The molecular weight excluding hydrogens is 104 g/mol. The molecule has 0 aromatic carbocycles. The predicted octanol–water partition coefficient (Wildman–Crippen LogP) is 1.27. The van der Waals surface area contributed by atoms with Crippen LogP contribution in [0.15, 0.2) is 0 Å². The third-order valence-electron chi connectivity index (χ3n) is 2.41. The minimum atomic E-state index is 0.194. The van der Waals surface area contributed by atoms with E-state index < -0.39 is 0 Å². The molecule has 0 bridgehead atoms. The molecule has 2 aliphatic rings. The summed E-state index contributed by atoms with van der Waals surface area (Å²) in [6.07, 6.45) is 3.84. The fourth-order valence-electron chi connectivity index (χ4n) is 1.78. The maximum absolute atomic E-state index is 8.26. The normalized spacial score (nSPS) is 51.4. The molecule has 0 aromatic heterocycles. The largest absolute Gasteiger partial charge is 0.252 e. The van der Waals surface area contributed by atoms with Gasteiger partial charge < -0.3 is 0 Å². The minimum absolute atomic E-state index is 0.194. The maximum atomic E-state index is 8.26. The Morgan fingerprint density at radius 2 is 2.25 bits per heavy atom. The van der Waals surface area contributed by atoms with E-state index in [1.54, 1.807) is 0 Å². The van der Waals surface area contributed by atoms with Gasteiger partial charge in [0.1, 0.15) is 0 Å². The highest BCUT2D eigenvalue weighted by atomic mass is 17.1. The van der Waals surface area contributed by atoms with E-state index in [0.29, 0.717) is 0 Å². The van der Waals surface area contributed by atoms with E-state index in [4.69, 9.17) is 5.26 Å². The van der Waals surface area contributed by atoms with Gasteiger partial charge in [0.25, 0.3) is 0 Å². The molecule has 2 fully saturated rings. The molecule has 0 amide bonds. The third-order valence-corrected chi connectivity index (χ3v) is 2.41. The minimum Gasteiger partial charge on any atom is -0.252 e. The standard InChI is InChI=1S/C6H10O2/c7-8-6-2-1-4-3-5(4)6/h4-7H,1-3H2. The molecule has 1 N–H and O–H groups in total. The Kier molecular flexibility index (Phi) is 0.866. The van der Waals surface area contributed by atoms with Crippen LogP contribution in [0.5, 0.6) is 0 Å². The van der Waals surface area contributed by atoms with Crippen LogP contribution in [0.25, 0.3) is 0 Å². The van der Waals surface area contributed by atoms with Crippen LogP contribution in [0, 0.1) is 11.8 Å². The lowest BCUT2D eigenvalue weighted by molar-refractivity contribution is -0.281. The topological polar surface area (TPSA) is 29.5 Å². The molecule has 2 heteroatoms. The average Bonchev–Trinajstić information content (AvgIpc) is 2.46. The number of hydrogen-bond donors (Lipinski definition) is 1. The number of rotatable bonds is 1. The Morgan fingerprint density at radius 1 is 1.38 bits per heavy atom. The fraction of sp³-hybridized carbons (Fsp3) is 1.00. The van der Waals surface area contributed by atoms with Gasteiger partial charge in [-0.2, -0.15) is 0 Å². The zero-order valence-corrected chi connectivity index (χ0v) is 4.71. The lowest BCUT2D eigenvalue weighted by Crippen LogP contribution is -2.08. The third kappa shape index (κ3) is 0.501. The summed E-state index contributed by atoms with van der Waals surface area (Å²) in [5, 5.41) is 8.26. The molecule has 0 saturated heterocycles. The highest BCUT2D eigenvalue weighted by molar-refractivity contribution is 4.97. The van der Waals surface area contributed by atoms with Crippen molar-refractivity contribution < 1.29 is 10.1 Å². The van der Waals surface area contributed by atoms with Crippen molar-refractivity contribution in [2.24, 2.45) is 11.8 Å². The van der Waals surface area contributed by atoms with Crippen LogP contribution in [0.4, 0.5) is 0 Å². The number of fused-ring (bicyclic) bond motifs is 1.